The Morgan fingerprint density at radius 2 is 2.17 bits per heavy atom. The van der Waals surface area contributed by atoms with Gasteiger partial charge in [-0.1, -0.05) is 30.3 Å². The highest BCUT2D eigenvalue weighted by atomic mass is 35.5. The number of hydrogen-bond donors (Lipinski definition) is 1. The van der Waals surface area contributed by atoms with Gasteiger partial charge >= 0.3 is 0 Å². The molecule has 1 aromatic carbocycles. The first-order valence-corrected chi connectivity index (χ1v) is 8.85. The molecule has 1 N–H and O–H groups in total. The molecule has 1 heterocycles. The van der Waals surface area contributed by atoms with Crippen molar-refractivity contribution < 1.29 is 9.84 Å². The van der Waals surface area contributed by atoms with Gasteiger partial charge in [0.1, 0.15) is 12.9 Å². The summed E-state index contributed by atoms with van der Waals surface area (Å²) in [6.07, 6.45) is 4.01. The van der Waals surface area contributed by atoms with E-state index in [4.69, 9.17) is 16.3 Å². The average molecular weight is 350 g/mol. The predicted octanol–water partition coefficient (Wildman–Crippen LogP) is 2.66. The van der Waals surface area contributed by atoms with Gasteiger partial charge in [-0.15, -0.1) is 11.6 Å². The summed E-state index contributed by atoms with van der Waals surface area (Å²) < 4.78 is 6.84. The third-order valence-electron chi connectivity index (χ3n) is 5.03. The lowest BCUT2D eigenvalue weighted by atomic mass is 9.83. The van der Waals surface area contributed by atoms with Gasteiger partial charge in [0.2, 0.25) is 0 Å². The first-order chi connectivity index (χ1) is 11.7. The van der Waals surface area contributed by atoms with Crippen LogP contribution in [0.25, 0.3) is 0 Å². The second-order valence-corrected chi connectivity index (χ2v) is 6.99. The number of aliphatic hydroxyl groups excluding tert-OH is 1. The van der Waals surface area contributed by atoms with Crippen LogP contribution in [0.15, 0.2) is 36.7 Å². The van der Waals surface area contributed by atoms with Crippen molar-refractivity contribution in [2.45, 2.75) is 38.5 Å². The molecule has 24 heavy (non-hydrogen) atoms. The molecule has 1 fully saturated rings. The van der Waals surface area contributed by atoms with Crippen molar-refractivity contribution in [3.8, 4) is 0 Å². The molecule has 0 radical (unpaired) electrons. The number of aliphatic hydroxyl groups is 1. The molecule has 0 saturated heterocycles. The van der Waals surface area contributed by atoms with Crippen molar-refractivity contribution in [2.24, 2.45) is 11.3 Å². The van der Waals surface area contributed by atoms with Crippen LogP contribution in [0.1, 0.15) is 24.2 Å². The van der Waals surface area contributed by atoms with E-state index in [0.29, 0.717) is 24.9 Å². The summed E-state index contributed by atoms with van der Waals surface area (Å²) in [5.74, 6) is 1.29. The zero-order chi connectivity index (χ0) is 17.0. The van der Waals surface area contributed by atoms with Crippen LogP contribution in [0.2, 0.25) is 0 Å². The minimum Gasteiger partial charge on any atom is -0.392 e. The SMILES string of the molecule is COCc1ncn(CC2(CCl)CCC(Cc3ccccc3)C2O)n1. The van der Waals surface area contributed by atoms with Crippen LogP contribution in [-0.2, 0) is 24.3 Å². The summed E-state index contributed by atoms with van der Waals surface area (Å²) in [4.78, 5) is 4.23. The van der Waals surface area contributed by atoms with E-state index >= 15 is 0 Å². The zero-order valence-electron chi connectivity index (χ0n) is 13.9. The molecule has 1 aromatic heterocycles. The number of ether oxygens (including phenoxy) is 1. The van der Waals surface area contributed by atoms with E-state index in [9.17, 15) is 5.11 Å². The molecular formula is C18H24ClN3O2. The molecule has 1 aliphatic rings. The lowest BCUT2D eigenvalue weighted by Gasteiger charge is -2.32. The minimum atomic E-state index is -0.440. The van der Waals surface area contributed by atoms with Crippen LogP contribution in [0.3, 0.4) is 0 Å². The van der Waals surface area contributed by atoms with E-state index in [1.807, 2.05) is 18.2 Å². The van der Waals surface area contributed by atoms with E-state index in [0.717, 1.165) is 19.3 Å². The second kappa shape index (κ2) is 7.64. The summed E-state index contributed by atoms with van der Waals surface area (Å²) in [5.41, 5.74) is 0.911. The Morgan fingerprint density at radius 1 is 1.38 bits per heavy atom. The molecule has 0 spiro atoms. The van der Waals surface area contributed by atoms with Crippen molar-refractivity contribution >= 4 is 11.6 Å². The monoisotopic (exact) mass is 349 g/mol. The topological polar surface area (TPSA) is 60.2 Å². The Morgan fingerprint density at radius 3 is 2.88 bits per heavy atom. The van der Waals surface area contributed by atoms with Gasteiger partial charge in [-0.25, -0.2) is 4.98 Å². The third kappa shape index (κ3) is 3.63. The molecule has 0 bridgehead atoms. The quantitative estimate of drug-likeness (QED) is 0.781. The third-order valence-corrected chi connectivity index (χ3v) is 5.56. The molecule has 1 saturated carbocycles. The molecule has 3 atom stereocenters. The number of rotatable bonds is 7. The smallest absolute Gasteiger partial charge is 0.176 e. The maximum atomic E-state index is 11.0. The normalized spacial score (nSPS) is 26.8. The van der Waals surface area contributed by atoms with Gasteiger partial charge in [0, 0.05) is 18.4 Å². The Kier molecular flexibility index (Phi) is 5.54. The number of benzene rings is 1. The molecule has 130 valence electrons. The van der Waals surface area contributed by atoms with E-state index < -0.39 is 6.10 Å². The maximum absolute atomic E-state index is 11.0. The van der Waals surface area contributed by atoms with Gasteiger partial charge in [0.05, 0.1) is 12.6 Å². The van der Waals surface area contributed by atoms with Gasteiger partial charge in [-0.2, -0.15) is 5.10 Å². The van der Waals surface area contributed by atoms with E-state index in [1.165, 1.54) is 5.56 Å². The lowest BCUT2D eigenvalue weighted by Crippen LogP contribution is -2.39. The minimum absolute atomic E-state index is 0.230. The lowest BCUT2D eigenvalue weighted by molar-refractivity contribution is 0.0241. The van der Waals surface area contributed by atoms with Crippen LogP contribution in [-0.4, -0.2) is 39.0 Å². The van der Waals surface area contributed by atoms with Gasteiger partial charge < -0.3 is 9.84 Å². The number of nitrogens with zero attached hydrogens (tertiary/aromatic N) is 3. The predicted molar refractivity (Wildman–Crippen MR) is 92.8 cm³/mol. The Balaban J connectivity index is 1.70. The molecule has 1 aliphatic carbocycles. The molecule has 2 aromatic rings. The molecular weight excluding hydrogens is 326 g/mol. The molecule has 6 heteroatoms. The van der Waals surface area contributed by atoms with Crippen molar-refractivity contribution in [3.05, 3.63) is 48.0 Å². The standard InChI is InChI=1S/C18H24ClN3O2/c1-24-10-16-20-13-22(21-16)12-18(11-19)8-7-15(17(18)23)9-14-5-3-2-4-6-14/h2-6,13,15,17,23H,7-12H2,1H3. The Hall–Kier alpha value is -1.43. The number of hydrogen-bond acceptors (Lipinski definition) is 4. The van der Waals surface area contributed by atoms with Crippen LogP contribution in [0.4, 0.5) is 0 Å². The Labute approximate surface area is 147 Å². The largest absolute Gasteiger partial charge is 0.392 e. The number of halogens is 1. The van der Waals surface area contributed by atoms with Crippen LogP contribution < -0.4 is 0 Å². The fourth-order valence-corrected chi connectivity index (χ4v) is 4.07. The Bertz CT molecular complexity index is 649. The van der Waals surface area contributed by atoms with Crippen LogP contribution in [0, 0.1) is 11.3 Å². The molecule has 3 rings (SSSR count). The second-order valence-electron chi connectivity index (χ2n) is 6.72. The summed E-state index contributed by atoms with van der Waals surface area (Å²) in [6, 6.07) is 10.3. The molecule has 5 nitrogen and oxygen atoms in total. The number of alkyl halides is 1. The number of aromatic nitrogens is 3. The van der Waals surface area contributed by atoms with Gasteiger partial charge in [0.15, 0.2) is 5.82 Å². The van der Waals surface area contributed by atoms with Gasteiger partial charge in [-0.05, 0) is 30.7 Å². The van der Waals surface area contributed by atoms with Crippen LogP contribution in [0.5, 0.6) is 0 Å². The highest BCUT2D eigenvalue weighted by Gasteiger charge is 2.47. The highest BCUT2D eigenvalue weighted by Crippen LogP contribution is 2.45. The van der Waals surface area contributed by atoms with E-state index in [1.54, 1.807) is 18.1 Å². The summed E-state index contributed by atoms with van der Waals surface area (Å²) >= 11 is 6.30. The highest BCUT2D eigenvalue weighted by molar-refractivity contribution is 6.18. The molecule has 0 amide bonds. The fourth-order valence-electron chi connectivity index (χ4n) is 3.70. The summed E-state index contributed by atoms with van der Waals surface area (Å²) in [5, 5.41) is 15.4. The molecule has 3 unspecified atom stereocenters. The van der Waals surface area contributed by atoms with Gasteiger partial charge in [-0.3, -0.25) is 4.68 Å². The van der Waals surface area contributed by atoms with Crippen molar-refractivity contribution in [3.63, 3.8) is 0 Å². The van der Waals surface area contributed by atoms with E-state index in [-0.39, 0.29) is 11.3 Å². The molecule has 0 aliphatic heterocycles. The van der Waals surface area contributed by atoms with Crippen molar-refractivity contribution in [2.75, 3.05) is 13.0 Å². The van der Waals surface area contributed by atoms with Crippen molar-refractivity contribution in [1.29, 1.82) is 0 Å². The maximum Gasteiger partial charge on any atom is 0.176 e. The van der Waals surface area contributed by atoms with Gasteiger partial charge in [0.25, 0.3) is 0 Å². The zero-order valence-corrected chi connectivity index (χ0v) is 14.7. The number of methoxy groups -OCH3 is 1. The van der Waals surface area contributed by atoms with Crippen molar-refractivity contribution in [1.82, 2.24) is 14.8 Å². The summed E-state index contributed by atoms with van der Waals surface area (Å²) in [6.45, 7) is 0.972. The van der Waals surface area contributed by atoms with Crippen LogP contribution >= 0.6 is 11.6 Å². The average Bonchev–Trinajstić information content (AvgIpc) is 3.16. The van der Waals surface area contributed by atoms with E-state index in [2.05, 4.69) is 22.2 Å². The first kappa shape index (κ1) is 17.4. The first-order valence-electron chi connectivity index (χ1n) is 8.32. The summed E-state index contributed by atoms with van der Waals surface area (Å²) in [7, 11) is 1.62. The fraction of sp³-hybridized carbons (Fsp3) is 0.556.